The fourth-order valence-corrected chi connectivity index (χ4v) is 2.45. The summed E-state index contributed by atoms with van der Waals surface area (Å²) in [5, 5.41) is 5.46. The Hall–Kier alpha value is -3.22. The Morgan fingerprint density at radius 2 is 1.68 bits per heavy atom. The SMILES string of the molecule is COc1ccc(CC(=O)Nc2cccc(NC(=O)OCC(C)C)c2)c(OC)c1. The second-order valence-electron chi connectivity index (χ2n) is 6.60. The quantitative estimate of drug-likeness (QED) is 0.714. The summed E-state index contributed by atoms with van der Waals surface area (Å²) in [4.78, 5) is 24.2. The number of anilines is 2. The van der Waals surface area contributed by atoms with Crippen LogP contribution < -0.4 is 20.1 Å². The van der Waals surface area contributed by atoms with E-state index in [2.05, 4.69) is 10.6 Å². The smallest absolute Gasteiger partial charge is 0.411 e. The highest BCUT2D eigenvalue weighted by Crippen LogP contribution is 2.25. The number of carbonyl (C=O) groups excluding carboxylic acids is 2. The number of carbonyl (C=O) groups is 2. The summed E-state index contributed by atoms with van der Waals surface area (Å²) in [5.41, 5.74) is 1.85. The van der Waals surface area contributed by atoms with Gasteiger partial charge in [0.2, 0.25) is 5.91 Å². The number of benzene rings is 2. The number of methoxy groups -OCH3 is 2. The molecule has 2 N–H and O–H groups in total. The standard InChI is InChI=1S/C21H26N2O5/c1-14(2)13-28-21(25)23-17-7-5-6-16(11-17)22-20(24)10-15-8-9-18(26-3)12-19(15)27-4/h5-9,11-12,14H,10,13H2,1-4H3,(H,22,24)(H,23,25). The van der Waals surface area contributed by atoms with Crippen LogP contribution >= 0.6 is 0 Å². The second-order valence-corrected chi connectivity index (χ2v) is 6.60. The molecule has 0 radical (unpaired) electrons. The van der Waals surface area contributed by atoms with Crippen molar-refractivity contribution in [3.63, 3.8) is 0 Å². The molecule has 0 atom stereocenters. The molecule has 28 heavy (non-hydrogen) atoms. The van der Waals surface area contributed by atoms with Gasteiger partial charge in [0.15, 0.2) is 0 Å². The van der Waals surface area contributed by atoms with Crippen molar-refractivity contribution >= 4 is 23.4 Å². The Balaban J connectivity index is 1.98. The van der Waals surface area contributed by atoms with Crippen molar-refractivity contribution in [2.24, 2.45) is 5.92 Å². The number of rotatable bonds is 8. The maximum atomic E-state index is 12.4. The minimum atomic E-state index is -0.528. The van der Waals surface area contributed by atoms with Crippen LogP contribution in [-0.4, -0.2) is 32.8 Å². The minimum absolute atomic E-state index is 0.140. The monoisotopic (exact) mass is 386 g/mol. The lowest BCUT2D eigenvalue weighted by Crippen LogP contribution is -2.17. The maximum Gasteiger partial charge on any atom is 0.411 e. The van der Waals surface area contributed by atoms with Gasteiger partial charge < -0.3 is 19.5 Å². The van der Waals surface area contributed by atoms with E-state index < -0.39 is 6.09 Å². The average Bonchev–Trinajstić information content (AvgIpc) is 2.67. The Bertz CT molecular complexity index is 820. The van der Waals surface area contributed by atoms with E-state index in [0.29, 0.717) is 29.5 Å². The highest BCUT2D eigenvalue weighted by atomic mass is 16.5. The van der Waals surface area contributed by atoms with Gasteiger partial charge in [-0.3, -0.25) is 10.1 Å². The first-order chi connectivity index (χ1) is 13.4. The van der Waals surface area contributed by atoms with Crippen LogP contribution in [-0.2, 0) is 16.0 Å². The van der Waals surface area contributed by atoms with Crippen molar-refractivity contribution < 1.29 is 23.8 Å². The second kappa shape index (κ2) is 10.2. The van der Waals surface area contributed by atoms with Gasteiger partial charge in [0.1, 0.15) is 11.5 Å². The summed E-state index contributed by atoms with van der Waals surface area (Å²) in [7, 11) is 3.12. The molecule has 0 aliphatic carbocycles. The number of hydrogen-bond acceptors (Lipinski definition) is 5. The number of hydrogen-bond donors (Lipinski definition) is 2. The first kappa shape index (κ1) is 21.1. The molecule has 7 nitrogen and oxygen atoms in total. The molecule has 7 heteroatoms. The van der Waals surface area contributed by atoms with Gasteiger partial charge in [-0.05, 0) is 30.2 Å². The summed E-state index contributed by atoms with van der Waals surface area (Å²) in [6, 6.07) is 12.2. The van der Waals surface area contributed by atoms with Gasteiger partial charge in [0.05, 0.1) is 27.2 Å². The lowest BCUT2D eigenvalue weighted by atomic mass is 10.1. The van der Waals surface area contributed by atoms with Gasteiger partial charge in [-0.25, -0.2) is 4.79 Å². The van der Waals surface area contributed by atoms with E-state index >= 15 is 0 Å². The number of amides is 2. The predicted octanol–water partition coefficient (Wildman–Crippen LogP) is 4.09. The molecular weight excluding hydrogens is 360 g/mol. The van der Waals surface area contributed by atoms with Gasteiger partial charge in [0.25, 0.3) is 0 Å². The van der Waals surface area contributed by atoms with Crippen molar-refractivity contribution in [2.45, 2.75) is 20.3 Å². The molecule has 0 aliphatic rings. The zero-order chi connectivity index (χ0) is 20.5. The fourth-order valence-electron chi connectivity index (χ4n) is 2.45. The Morgan fingerprint density at radius 1 is 0.964 bits per heavy atom. The topological polar surface area (TPSA) is 85.9 Å². The Morgan fingerprint density at radius 3 is 2.32 bits per heavy atom. The van der Waals surface area contributed by atoms with Gasteiger partial charge in [-0.15, -0.1) is 0 Å². The molecule has 0 bridgehead atoms. The molecule has 2 aromatic carbocycles. The van der Waals surface area contributed by atoms with E-state index in [1.807, 2.05) is 13.8 Å². The zero-order valence-corrected chi connectivity index (χ0v) is 16.6. The summed E-state index contributed by atoms with van der Waals surface area (Å²) < 4.78 is 15.6. The first-order valence-corrected chi connectivity index (χ1v) is 8.96. The molecule has 0 unspecified atom stereocenters. The third-order valence-electron chi connectivity index (χ3n) is 3.79. The Kier molecular flexibility index (Phi) is 7.68. The van der Waals surface area contributed by atoms with Gasteiger partial charge >= 0.3 is 6.09 Å². The highest BCUT2D eigenvalue weighted by molar-refractivity contribution is 5.94. The largest absolute Gasteiger partial charge is 0.497 e. The van der Waals surface area contributed by atoms with Gasteiger partial charge in [-0.1, -0.05) is 26.0 Å². The maximum absolute atomic E-state index is 12.4. The molecule has 0 fully saturated rings. The molecule has 0 aromatic heterocycles. The van der Waals surface area contributed by atoms with Crippen LogP contribution in [0.15, 0.2) is 42.5 Å². The Labute approximate surface area is 165 Å². The molecular formula is C21H26N2O5. The van der Waals surface area contributed by atoms with E-state index in [-0.39, 0.29) is 18.2 Å². The fraction of sp³-hybridized carbons (Fsp3) is 0.333. The lowest BCUT2D eigenvalue weighted by molar-refractivity contribution is -0.115. The van der Waals surface area contributed by atoms with Crippen LogP contribution in [0.4, 0.5) is 16.2 Å². The molecule has 2 aromatic rings. The van der Waals surface area contributed by atoms with Crippen molar-refractivity contribution in [2.75, 3.05) is 31.5 Å². The normalized spacial score (nSPS) is 10.3. The van der Waals surface area contributed by atoms with Crippen LogP contribution in [0.5, 0.6) is 11.5 Å². The van der Waals surface area contributed by atoms with Crippen molar-refractivity contribution in [3.05, 3.63) is 48.0 Å². The summed E-state index contributed by atoms with van der Waals surface area (Å²) >= 11 is 0. The average molecular weight is 386 g/mol. The zero-order valence-electron chi connectivity index (χ0n) is 16.6. The number of ether oxygens (including phenoxy) is 3. The molecule has 0 saturated heterocycles. The van der Waals surface area contributed by atoms with Crippen LogP contribution in [0.2, 0.25) is 0 Å². The van der Waals surface area contributed by atoms with Crippen molar-refractivity contribution in [3.8, 4) is 11.5 Å². The minimum Gasteiger partial charge on any atom is -0.497 e. The molecule has 2 rings (SSSR count). The van der Waals surface area contributed by atoms with E-state index in [1.54, 1.807) is 56.7 Å². The van der Waals surface area contributed by atoms with E-state index in [9.17, 15) is 9.59 Å². The van der Waals surface area contributed by atoms with Crippen LogP contribution in [0.1, 0.15) is 19.4 Å². The van der Waals surface area contributed by atoms with Gasteiger partial charge in [-0.2, -0.15) is 0 Å². The van der Waals surface area contributed by atoms with E-state index in [0.717, 1.165) is 5.56 Å². The molecule has 0 heterocycles. The highest BCUT2D eigenvalue weighted by Gasteiger charge is 2.11. The predicted molar refractivity (Wildman–Crippen MR) is 108 cm³/mol. The van der Waals surface area contributed by atoms with E-state index in [4.69, 9.17) is 14.2 Å². The summed E-state index contributed by atoms with van der Waals surface area (Å²) in [6.07, 6.45) is -0.388. The van der Waals surface area contributed by atoms with Gasteiger partial charge in [0, 0.05) is 23.0 Å². The summed E-state index contributed by atoms with van der Waals surface area (Å²) in [5.74, 6) is 1.29. The first-order valence-electron chi connectivity index (χ1n) is 8.96. The van der Waals surface area contributed by atoms with E-state index in [1.165, 1.54) is 0 Å². The third-order valence-corrected chi connectivity index (χ3v) is 3.79. The molecule has 0 aliphatic heterocycles. The van der Waals surface area contributed by atoms with Crippen molar-refractivity contribution in [1.82, 2.24) is 0 Å². The lowest BCUT2D eigenvalue weighted by Gasteiger charge is -2.12. The molecule has 150 valence electrons. The third kappa shape index (κ3) is 6.50. The number of nitrogens with one attached hydrogen (secondary N) is 2. The molecule has 0 spiro atoms. The summed E-state index contributed by atoms with van der Waals surface area (Å²) in [6.45, 7) is 4.26. The molecule has 0 saturated carbocycles. The van der Waals surface area contributed by atoms with Crippen LogP contribution in [0, 0.1) is 5.92 Å². The van der Waals surface area contributed by atoms with Crippen LogP contribution in [0.25, 0.3) is 0 Å². The molecule has 2 amide bonds. The van der Waals surface area contributed by atoms with Crippen LogP contribution in [0.3, 0.4) is 0 Å². The van der Waals surface area contributed by atoms with Crippen molar-refractivity contribution in [1.29, 1.82) is 0 Å².